The van der Waals surface area contributed by atoms with Crippen LogP contribution in [-0.4, -0.2) is 14.8 Å². The molecular formula is C16H17BrN4. The lowest BCUT2D eigenvalue weighted by atomic mass is 10.2. The molecule has 0 unspecified atom stereocenters. The third-order valence-corrected chi connectivity index (χ3v) is 4.65. The van der Waals surface area contributed by atoms with Crippen LogP contribution >= 0.6 is 15.9 Å². The zero-order valence-electron chi connectivity index (χ0n) is 12.3. The monoisotopic (exact) mass is 344 g/mol. The number of aromatic nitrogens is 3. The van der Waals surface area contributed by atoms with E-state index in [4.69, 9.17) is 0 Å². The summed E-state index contributed by atoms with van der Waals surface area (Å²) in [5.74, 6) is 0. The topological polar surface area (TPSA) is 42.7 Å². The van der Waals surface area contributed by atoms with E-state index in [1.165, 1.54) is 5.56 Å². The SMILES string of the molecule is Cc1cccc(NCc2cnc3c(c2)c(C)nn3C)c1Br. The number of pyridine rings is 1. The fraction of sp³-hybridized carbons (Fsp3) is 0.250. The fourth-order valence-corrected chi connectivity index (χ4v) is 2.83. The van der Waals surface area contributed by atoms with Crippen molar-refractivity contribution in [3.8, 4) is 0 Å². The van der Waals surface area contributed by atoms with Gasteiger partial charge in [-0.25, -0.2) is 4.98 Å². The van der Waals surface area contributed by atoms with Gasteiger partial charge in [0.25, 0.3) is 0 Å². The number of nitrogens with zero attached hydrogens (tertiary/aromatic N) is 3. The highest BCUT2D eigenvalue weighted by Gasteiger charge is 2.07. The van der Waals surface area contributed by atoms with Crippen molar-refractivity contribution >= 4 is 32.7 Å². The maximum atomic E-state index is 4.50. The first-order valence-electron chi connectivity index (χ1n) is 6.83. The lowest BCUT2D eigenvalue weighted by molar-refractivity contribution is 0.773. The van der Waals surface area contributed by atoms with Crippen molar-refractivity contribution in [1.82, 2.24) is 14.8 Å². The summed E-state index contributed by atoms with van der Waals surface area (Å²) in [4.78, 5) is 4.50. The minimum absolute atomic E-state index is 0.735. The van der Waals surface area contributed by atoms with Gasteiger partial charge in [0.05, 0.1) is 5.69 Å². The molecule has 1 aromatic carbocycles. The number of rotatable bonds is 3. The second-order valence-corrected chi connectivity index (χ2v) is 6.01. The van der Waals surface area contributed by atoms with Gasteiger partial charge in [0.15, 0.2) is 5.65 Å². The van der Waals surface area contributed by atoms with Crippen molar-refractivity contribution in [2.75, 3.05) is 5.32 Å². The molecule has 2 heterocycles. The predicted molar refractivity (Wildman–Crippen MR) is 89.5 cm³/mol. The van der Waals surface area contributed by atoms with E-state index in [9.17, 15) is 0 Å². The van der Waals surface area contributed by atoms with Gasteiger partial charge >= 0.3 is 0 Å². The van der Waals surface area contributed by atoms with Gasteiger partial charge in [-0.3, -0.25) is 4.68 Å². The van der Waals surface area contributed by atoms with Crippen molar-refractivity contribution in [3.05, 3.63) is 51.8 Å². The summed E-state index contributed by atoms with van der Waals surface area (Å²) in [5.41, 5.74) is 5.40. The summed E-state index contributed by atoms with van der Waals surface area (Å²) in [6.07, 6.45) is 1.90. The fourth-order valence-electron chi connectivity index (χ4n) is 2.43. The number of hydrogen-bond acceptors (Lipinski definition) is 3. The normalized spacial score (nSPS) is 11.0. The van der Waals surface area contributed by atoms with Crippen LogP contribution in [0, 0.1) is 13.8 Å². The van der Waals surface area contributed by atoms with Crippen LogP contribution in [0.3, 0.4) is 0 Å². The van der Waals surface area contributed by atoms with Crippen LogP contribution < -0.4 is 5.32 Å². The quantitative estimate of drug-likeness (QED) is 0.781. The molecule has 4 nitrogen and oxygen atoms in total. The Labute approximate surface area is 132 Å². The maximum Gasteiger partial charge on any atom is 0.157 e. The van der Waals surface area contributed by atoms with E-state index < -0.39 is 0 Å². The van der Waals surface area contributed by atoms with Crippen LogP contribution in [0.15, 0.2) is 34.9 Å². The third kappa shape index (κ3) is 2.65. The predicted octanol–water partition coefficient (Wildman–Crippen LogP) is 3.96. The molecule has 0 radical (unpaired) electrons. The maximum absolute atomic E-state index is 4.50. The van der Waals surface area contributed by atoms with E-state index in [1.807, 2.05) is 24.9 Å². The van der Waals surface area contributed by atoms with E-state index >= 15 is 0 Å². The Morgan fingerprint density at radius 1 is 1.29 bits per heavy atom. The van der Waals surface area contributed by atoms with Gasteiger partial charge in [-0.2, -0.15) is 5.10 Å². The minimum Gasteiger partial charge on any atom is -0.380 e. The Morgan fingerprint density at radius 2 is 2.10 bits per heavy atom. The lowest BCUT2D eigenvalue weighted by Crippen LogP contribution is -2.01. The van der Waals surface area contributed by atoms with Crippen molar-refractivity contribution in [1.29, 1.82) is 0 Å². The van der Waals surface area contributed by atoms with Crippen LogP contribution in [0.2, 0.25) is 0 Å². The van der Waals surface area contributed by atoms with Crippen LogP contribution in [0.25, 0.3) is 11.0 Å². The highest BCUT2D eigenvalue weighted by molar-refractivity contribution is 9.10. The van der Waals surface area contributed by atoms with Gasteiger partial charge < -0.3 is 5.32 Å². The number of anilines is 1. The zero-order chi connectivity index (χ0) is 15.0. The van der Waals surface area contributed by atoms with Crippen molar-refractivity contribution < 1.29 is 0 Å². The van der Waals surface area contributed by atoms with E-state index in [0.717, 1.165) is 39.0 Å². The summed E-state index contributed by atoms with van der Waals surface area (Å²) >= 11 is 3.62. The van der Waals surface area contributed by atoms with Crippen LogP contribution in [0.1, 0.15) is 16.8 Å². The van der Waals surface area contributed by atoms with E-state index in [0.29, 0.717) is 0 Å². The number of aryl methyl sites for hydroxylation is 3. The van der Waals surface area contributed by atoms with Gasteiger partial charge in [-0.05, 0) is 53.0 Å². The van der Waals surface area contributed by atoms with Crippen LogP contribution in [-0.2, 0) is 13.6 Å². The number of benzene rings is 1. The molecule has 0 aliphatic carbocycles. The lowest BCUT2D eigenvalue weighted by Gasteiger charge is -2.10. The van der Waals surface area contributed by atoms with E-state index in [1.54, 1.807) is 0 Å². The highest BCUT2D eigenvalue weighted by Crippen LogP contribution is 2.26. The molecule has 0 fully saturated rings. The van der Waals surface area contributed by atoms with Crippen LogP contribution in [0.4, 0.5) is 5.69 Å². The van der Waals surface area contributed by atoms with Gasteiger partial charge in [0.1, 0.15) is 0 Å². The third-order valence-electron chi connectivity index (χ3n) is 3.59. The molecule has 0 bridgehead atoms. The Bertz CT molecular complexity index is 807. The molecule has 108 valence electrons. The molecule has 0 aliphatic heterocycles. The molecule has 2 aromatic heterocycles. The standard InChI is InChI=1S/C16H17BrN4/c1-10-5-4-6-14(15(10)17)18-8-12-7-13-11(2)20-21(3)16(13)19-9-12/h4-7,9,18H,8H2,1-3H3. The van der Waals surface area contributed by atoms with Gasteiger partial charge in [0.2, 0.25) is 0 Å². The van der Waals surface area contributed by atoms with Gasteiger partial charge in [-0.15, -0.1) is 0 Å². The summed E-state index contributed by atoms with van der Waals surface area (Å²) in [7, 11) is 1.92. The van der Waals surface area contributed by atoms with Crippen molar-refractivity contribution in [2.45, 2.75) is 20.4 Å². The first-order valence-corrected chi connectivity index (χ1v) is 7.63. The molecule has 1 N–H and O–H groups in total. The van der Waals surface area contributed by atoms with Crippen molar-refractivity contribution in [3.63, 3.8) is 0 Å². The summed E-state index contributed by atoms with van der Waals surface area (Å²) in [6.45, 7) is 4.83. The summed E-state index contributed by atoms with van der Waals surface area (Å²) in [6, 6.07) is 8.36. The molecule has 0 aliphatic rings. The second-order valence-electron chi connectivity index (χ2n) is 5.21. The van der Waals surface area contributed by atoms with E-state index in [2.05, 4.69) is 62.5 Å². The second kappa shape index (κ2) is 5.48. The molecule has 21 heavy (non-hydrogen) atoms. The van der Waals surface area contributed by atoms with Gasteiger partial charge in [-0.1, -0.05) is 12.1 Å². The first kappa shape index (κ1) is 14.1. The van der Waals surface area contributed by atoms with E-state index in [-0.39, 0.29) is 0 Å². The Morgan fingerprint density at radius 3 is 2.90 bits per heavy atom. The molecule has 5 heteroatoms. The Kier molecular flexibility index (Phi) is 3.68. The molecule has 0 atom stereocenters. The molecule has 3 aromatic rings. The molecule has 0 amide bonds. The number of halogens is 1. The number of fused-ring (bicyclic) bond motifs is 1. The zero-order valence-corrected chi connectivity index (χ0v) is 13.9. The molecule has 0 spiro atoms. The largest absolute Gasteiger partial charge is 0.380 e. The summed E-state index contributed by atoms with van der Waals surface area (Å²) < 4.78 is 2.93. The highest BCUT2D eigenvalue weighted by atomic mass is 79.9. The molecule has 0 saturated heterocycles. The minimum atomic E-state index is 0.735. The Hall–Kier alpha value is -1.88. The first-order chi connectivity index (χ1) is 10.1. The smallest absolute Gasteiger partial charge is 0.157 e. The average molecular weight is 345 g/mol. The molecular weight excluding hydrogens is 328 g/mol. The molecule has 3 rings (SSSR count). The number of hydrogen-bond donors (Lipinski definition) is 1. The molecule has 0 saturated carbocycles. The van der Waals surface area contributed by atoms with Crippen LogP contribution in [0.5, 0.6) is 0 Å². The Balaban J connectivity index is 1.85. The average Bonchev–Trinajstić information content (AvgIpc) is 2.75. The summed E-state index contributed by atoms with van der Waals surface area (Å²) in [5, 5.41) is 8.96. The van der Waals surface area contributed by atoms with Gasteiger partial charge in [0, 0.05) is 35.3 Å². The number of nitrogens with one attached hydrogen (secondary N) is 1. The van der Waals surface area contributed by atoms with Crippen molar-refractivity contribution in [2.24, 2.45) is 7.05 Å².